The van der Waals surface area contributed by atoms with E-state index in [2.05, 4.69) is 20.1 Å². The van der Waals surface area contributed by atoms with Gasteiger partial charge in [-0.25, -0.2) is 12.8 Å². The van der Waals surface area contributed by atoms with Crippen molar-refractivity contribution in [3.8, 4) is 0 Å². The summed E-state index contributed by atoms with van der Waals surface area (Å²) in [5.41, 5.74) is 0. The van der Waals surface area contributed by atoms with Crippen molar-refractivity contribution in [2.24, 2.45) is 0 Å². The van der Waals surface area contributed by atoms with Gasteiger partial charge in [0.1, 0.15) is 22.4 Å². The summed E-state index contributed by atoms with van der Waals surface area (Å²) in [6, 6.07) is 3.64. The molecule has 1 saturated heterocycles. The molecule has 0 aliphatic carbocycles. The van der Waals surface area contributed by atoms with Gasteiger partial charge in [-0.2, -0.15) is 4.31 Å². The van der Waals surface area contributed by atoms with Crippen LogP contribution >= 0.6 is 24.0 Å². The van der Waals surface area contributed by atoms with Crippen molar-refractivity contribution < 1.29 is 12.8 Å². The van der Waals surface area contributed by atoms with Crippen LogP contribution in [0.3, 0.4) is 0 Å². The molecule has 0 bridgehead atoms. The van der Waals surface area contributed by atoms with Gasteiger partial charge in [0.15, 0.2) is 0 Å². The molecule has 1 aromatic carbocycles. The first-order chi connectivity index (χ1) is 12.5. The number of fused-ring (bicyclic) bond motifs is 1. The Hall–Kier alpha value is -1.26. The maximum Gasteiger partial charge on any atom is 0.245 e. The van der Waals surface area contributed by atoms with Crippen molar-refractivity contribution in [2.75, 3.05) is 19.6 Å². The molecule has 0 unspecified atom stereocenters. The maximum absolute atomic E-state index is 14.1. The molecule has 0 spiro atoms. The molecule has 27 heavy (non-hydrogen) atoms. The van der Waals surface area contributed by atoms with E-state index in [1.165, 1.54) is 16.4 Å². The first-order valence-corrected chi connectivity index (χ1v) is 10.4. The van der Waals surface area contributed by atoms with Crippen LogP contribution in [-0.2, 0) is 23.1 Å². The Morgan fingerprint density at radius 1 is 1.19 bits per heavy atom. The van der Waals surface area contributed by atoms with Gasteiger partial charge in [0.2, 0.25) is 10.0 Å². The van der Waals surface area contributed by atoms with Gasteiger partial charge in [-0.15, -0.1) is 22.6 Å². The molecule has 1 N–H and O–H groups in total. The molecule has 148 valence electrons. The van der Waals surface area contributed by atoms with Gasteiger partial charge in [0.25, 0.3) is 0 Å². The smallest absolute Gasteiger partial charge is 0.245 e. The lowest BCUT2D eigenvalue weighted by molar-refractivity contribution is 0.306. The van der Waals surface area contributed by atoms with Crippen LogP contribution < -0.4 is 5.32 Å². The number of sulfonamides is 1. The van der Waals surface area contributed by atoms with E-state index >= 15 is 0 Å². The second-order valence-electron chi connectivity index (χ2n) is 6.56. The summed E-state index contributed by atoms with van der Waals surface area (Å²) in [6.45, 7) is 3.06. The van der Waals surface area contributed by atoms with Gasteiger partial charge in [0.05, 0.1) is 6.54 Å². The number of halogens is 3. The monoisotopic (exact) mass is 435 g/mol. The number of hydrogen-bond acceptors (Lipinski definition) is 5. The molecular formula is C16H20Cl2FN5O2S. The number of nitrogens with zero attached hydrogens (tertiary/aromatic N) is 4. The van der Waals surface area contributed by atoms with E-state index in [0.717, 1.165) is 30.8 Å². The molecule has 1 fully saturated rings. The lowest BCUT2D eigenvalue weighted by atomic mass is 9.97. The summed E-state index contributed by atoms with van der Waals surface area (Å²) >= 11 is 5.72. The molecule has 1 aromatic heterocycles. The predicted octanol–water partition coefficient (Wildman–Crippen LogP) is 2.16. The Balaban J connectivity index is 0.00000210. The average Bonchev–Trinajstić information content (AvgIpc) is 3.05. The highest BCUT2D eigenvalue weighted by Gasteiger charge is 2.34. The van der Waals surface area contributed by atoms with Crippen molar-refractivity contribution in [1.29, 1.82) is 0 Å². The minimum Gasteiger partial charge on any atom is -0.312 e. The minimum atomic E-state index is -3.87. The fourth-order valence-electron chi connectivity index (χ4n) is 3.59. The van der Waals surface area contributed by atoms with Crippen LogP contribution in [0.2, 0.25) is 5.02 Å². The summed E-state index contributed by atoms with van der Waals surface area (Å²) in [6.07, 6.45) is 1.28. The fraction of sp³-hybridized carbons (Fsp3) is 0.500. The Labute approximate surface area is 168 Å². The summed E-state index contributed by atoms with van der Waals surface area (Å²) in [7, 11) is -3.87. The minimum absolute atomic E-state index is 0. The summed E-state index contributed by atoms with van der Waals surface area (Å²) in [5.74, 6) is 1.19. The highest BCUT2D eigenvalue weighted by molar-refractivity contribution is 7.89. The topological polar surface area (TPSA) is 80.1 Å². The predicted molar refractivity (Wildman–Crippen MR) is 101 cm³/mol. The standard InChI is InChI=1S/C16H19ClFN5O2S.ClH/c17-12-1-2-14(13(18)9-12)26(24,25)22-6-3-11(4-7-22)16-21-20-15-10-19-5-8-23(15)16;/h1-2,9,11,19H,3-8,10H2;1H. The first-order valence-electron chi connectivity index (χ1n) is 8.54. The number of rotatable bonds is 3. The third-order valence-electron chi connectivity index (χ3n) is 4.98. The number of aromatic nitrogens is 3. The van der Waals surface area contributed by atoms with E-state index in [9.17, 15) is 12.8 Å². The lowest BCUT2D eigenvalue weighted by Gasteiger charge is -2.31. The van der Waals surface area contributed by atoms with Crippen LogP contribution in [0.5, 0.6) is 0 Å². The first kappa shape index (κ1) is 20.5. The molecule has 2 aliphatic rings. The zero-order chi connectivity index (χ0) is 18.3. The van der Waals surface area contributed by atoms with E-state index in [0.29, 0.717) is 32.5 Å². The van der Waals surface area contributed by atoms with Crippen molar-refractivity contribution in [3.05, 3.63) is 40.7 Å². The molecule has 0 atom stereocenters. The molecule has 0 saturated carbocycles. The van der Waals surface area contributed by atoms with Gasteiger partial charge in [-0.1, -0.05) is 11.6 Å². The Morgan fingerprint density at radius 3 is 2.63 bits per heavy atom. The van der Waals surface area contributed by atoms with E-state index < -0.39 is 15.8 Å². The number of nitrogens with one attached hydrogen (secondary N) is 1. The molecule has 0 amide bonds. The zero-order valence-corrected chi connectivity index (χ0v) is 16.8. The van der Waals surface area contributed by atoms with Crippen molar-refractivity contribution in [1.82, 2.24) is 24.4 Å². The summed E-state index contributed by atoms with van der Waals surface area (Å²) in [5, 5.41) is 12.0. The number of hydrogen-bond donors (Lipinski definition) is 1. The van der Waals surface area contributed by atoms with Gasteiger partial charge in [0, 0.05) is 37.1 Å². The number of piperidine rings is 1. The van der Waals surface area contributed by atoms with E-state index in [-0.39, 0.29) is 28.2 Å². The third kappa shape index (κ3) is 3.84. The quantitative estimate of drug-likeness (QED) is 0.798. The summed E-state index contributed by atoms with van der Waals surface area (Å²) < 4.78 is 43.0. The van der Waals surface area contributed by atoms with Crippen LogP contribution in [-0.4, -0.2) is 47.1 Å². The zero-order valence-electron chi connectivity index (χ0n) is 14.4. The highest BCUT2D eigenvalue weighted by Crippen LogP contribution is 2.31. The van der Waals surface area contributed by atoms with Crippen LogP contribution in [0.25, 0.3) is 0 Å². The Morgan fingerprint density at radius 2 is 1.93 bits per heavy atom. The van der Waals surface area contributed by atoms with Gasteiger partial charge < -0.3 is 9.88 Å². The molecule has 3 heterocycles. The van der Waals surface area contributed by atoms with Crippen LogP contribution in [0.4, 0.5) is 4.39 Å². The molecule has 0 radical (unpaired) electrons. The van der Waals surface area contributed by atoms with Crippen LogP contribution in [0.15, 0.2) is 23.1 Å². The third-order valence-corrected chi connectivity index (χ3v) is 7.15. The number of benzene rings is 1. The van der Waals surface area contributed by atoms with E-state index in [1.807, 2.05) is 0 Å². The van der Waals surface area contributed by atoms with Crippen molar-refractivity contribution >= 4 is 34.0 Å². The maximum atomic E-state index is 14.1. The van der Waals surface area contributed by atoms with Crippen LogP contribution in [0, 0.1) is 5.82 Å². The summed E-state index contributed by atoms with van der Waals surface area (Å²) in [4.78, 5) is -0.328. The van der Waals surface area contributed by atoms with Gasteiger partial charge in [-0.3, -0.25) is 0 Å². The fourth-order valence-corrected chi connectivity index (χ4v) is 5.27. The largest absolute Gasteiger partial charge is 0.312 e. The van der Waals surface area contributed by atoms with E-state index in [4.69, 9.17) is 11.6 Å². The highest BCUT2D eigenvalue weighted by atomic mass is 35.5. The lowest BCUT2D eigenvalue weighted by Crippen LogP contribution is -2.39. The molecule has 4 rings (SSSR count). The van der Waals surface area contributed by atoms with Crippen molar-refractivity contribution in [3.63, 3.8) is 0 Å². The Kier molecular flexibility index (Phi) is 6.07. The van der Waals surface area contributed by atoms with Gasteiger partial charge in [-0.05, 0) is 31.0 Å². The molecular weight excluding hydrogens is 416 g/mol. The molecule has 11 heteroatoms. The average molecular weight is 436 g/mol. The van der Waals surface area contributed by atoms with Crippen LogP contribution in [0.1, 0.15) is 30.4 Å². The second kappa shape index (κ2) is 8.00. The second-order valence-corrected chi connectivity index (χ2v) is 8.90. The normalized spacial score (nSPS) is 18.7. The van der Waals surface area contributed by atoms with E-state index in [1.54, 1.807) is 0 Å². The molecule has 7 nitrogen and oxygen atoms in total. The molecule has 2 aromatic rings. The van der Waals surface area contributed by atoms with Gasteiger partial charge >= 0.3 is 0 Å². The Bertz CT molecular complexity index is 929. The van der Waals surface area contributed by atoms with Crippen molar-refractivity contribution in [2.45, 2.75) is 36.7 Å². The molecule has 2 aliphatic heterocycles. The SMILES string of the molecule is Cl.O=S(=O)(c1ccc(Cl)cc1F)N1CCC(c2nnc3n2CCNC3)CC1.